The molecule has 9 heavy (non-hydrogen) atoms. The van der Waals surface area contributed by atoms with E-state index in [0.717, 1.165) is 13.0 Å². The quantitative estimate of drug-likeness (QED) is 0.463. The van der Waals surface area contributed by atoms with Gasteiger partial charge in [-0.1, -0.05) is 0 Å². The van der Waals surface area contributed by atoms with Gasteiger partial charge in [-0.15, -0.1) is 12.4 Å². The highest BCUT2D eigenvalue weighted by molar-refractivity contribution is 5.85. The van der Waals surface area contributed by atoms with Crippen molar-refractivity contribution in [2.75, 3.05) is 20.1 Å². The topological polar surface area (TPSA) is 50.7 Å². The first-order valence-electron chi connectivity index (χ1n) is 2.62. The molecule has 0 amide bonds. The summed E-state index contributed by atoms with van der Waals surface area (Å²) in [5, 5.41) is 0. The molecular formula is C5H12ClN3. The third-order valence-electron chi connectivity index (χ3n) is 0.645. The maximum Gasteiger partial charge on any atom is 0.0889 e. The van der Waals surface area contributed by atoms with E-state index in [1.807, 2.05) is 0 Å². The second-order valence-corrected chi connectivity index (χ2v) is 1.35. The summed E-state index contributed by atoms with van der Waals surface area (Å²) in [5.41, 5.74) is 5.19. The van der Waals surface area contributed by atoms with Crippen molar-refractivity contribution in [3.05, 3.63) is 0 Å². The molecule has 0 rings (SSSR count). The standard InChI is InChI=1S/C5H11N3.ClH/c1-7-5-8-4-2-3-6;/h2-4,6H2,1H3;1H. The first kappa shape index (κ1) is 11.4. The molecule has 0 aromatic rings. The molecule has 4 heteroatoms. The number of hydrogen-bond donors (Lipinski definition) is 1. The van der Waals surface area contributed by atoms with Crippen LogP contribution in [-0.2, 0) is 0 Å². The monoisotopic (exact) mass is 149 g/mol. The van der Waals surface area contributed by atoms with Crippen molar-refractivity contribution >= 4 is 18.4 Å². The van der Waals surface area contributed by atoms with Crippen molar-refractivity contribution < 1.29 is 0 Å². The van der Waals surface area contributed by atoms with Gasteiger partial charge in [-0.05, 0) is 13.0 Å². The predicted molar refractivity (Wildman–Crippen MR) is 41.6 cm³/mol. The van der Waals surface area contributed by atoms with E-state index in [1.54, 1.807) is 7.05 Å². The highest BCUT2D eigenvalue weighted by Crippen LogP contribution is 1.72. The summed E-state index contributed by atoms with van der Waals surface area (Å²) in [7, 11) is 1.64. The Labute approximate surface area is 61.5 Å². The van der Waals surface area contributed by atoms with Crippen LogP contribution in [0.5, 0.6) is 0 Å². The van der Waals surface area contributed by atoms with Gasteiger partial charge in [0.25, 0.3) is 0 Å². The number of rotatable bonds is 3. The van der Waals surface area contributed by atoms with Crippen LogP contribution >= 0.6 is 12.4 Å². The zero-order valence-corrected chi connectivity index (χ0v) is 6.32. The Hall–Kier alpha value is -0.370. The molecule has 0 fully saturated rings. The molecule has 0 unspecified atom stereocenters. The van der Waals surface area contributed by atoms with E-state index in [4.69, 9.17) is 5.73 Å². The van der Waals surface area contributed by atoms with Gasteiger partial charge < -0.3 is 5.73 Å². The highest BCUT2D eigenvalue weighted by atomic mass is 35.5. The van der Waals surface area contributed by atoms with Crippen molar-refractivity contribution in [2.45, 2.75) is 6.42 Å². The molecule has 0 atom stereocenters. The summed E-state index contributed by atoms with van der Waals surface area (Å²) in [6.45, 7) is 1.43. The summed E-state index contributed by atoms with van der Waals surface area (Å²) in [6, 6.07) is 2.48. The molecule has 0 saturated heterocycles. The fraction of sp³-hybridized carbons (Fsp3) is 0.800. The van der Waals surface area contributed by atoms with Crippen LogP contribution in [0.4, 0.5) is 0 Å². The van der Waals surface area contributed by atoms with Gasteiger partial charge in [-0.25, -0.2) is 9.98 Å². The largest absolute Gasteiger partial charge is 0.330 e. The second-order valence-electron chi connectivity index (χ2n) is 1.35. The number of hydrogen-bond acceptors (Lipinski definition) is 3. The third kappa shape index (κ3) is 11.3. The van der Waals surface area contributed by atoms with Gasteiger partial charge >= 0.3 is 0 Å². The number of nitrogens with zero attached hydrogens (tertiary/aromatic N) is 2. The maximum atomic E-state index is 5.19. The first-order valence-corrected chi connectivity index (χ1v) is 2.62. The molecule has 0 aliphatic rings. The average molecular weight is 150 g/mol. The molecule has 3 nitrogen and oxygen atoms in total. The van der Waals surface area contributed by atoms with Crippen molar-refractivity contribution in [1.29, 1.82) is 0 Å². The van der Waals surface area contributed by atoms with Gasteiger partial charge in [0.15, 0.2) is 0 Å². The lowest BCUT2D eigenvalue weighted by molar-refractivity contribution is 0.847. The number of aliphatic imine (C=N–C) groups is 2. The van der Waals surface area contributed by atoms with E-state index in [1.165, 1.54) is 0 Å². The van der Waals surface area contributed by atoms with Gasteiger partial charge in [0.1, 0.15) is 0 Å². The van der Waals surface area contributed by atoms with Crippen molar-refractivity contribution in [3.63, 3.8) is 0 Å². The fourth-order valence-electron chi connectivity index (χ4n) is 0.291. The van der Waals surface area contributed by atoms with Gasteiger partial charge in [0.05, 0.1) is 12.6 Å². The van der Waals surface area contributed by atoms with Crippen LogP contribution < -0.4 is 5.73 Å². The Balaban J connectivity index is 0. The molecule has 0 aliphatic carbocycles. The number of halogens is 1. The molecule has 0 spiro atoms. The smallest absolute Gasteiger partial charge is 0.0889 e. The molecule has 0 aromatic heterocycles. The Bertz CT molecular complexity index is 96.4. The summed E-state index contributed by atoms with van der Waals surface area (Å²) in [4.78, 5) is 7.33. The minimum atomic E-state index is 0. The summed E-state index contributed by atoms with van der Waals surface area (Å²) in [6.07, 6.45) is 0.919. The van der Waals surface area contributed by atoms with Gasteiger partial charge in [0, 0.05) is 7.05 Å². The molecule has 54 valence electrons. The lowest BCUT2D eigenvalue weighted by Crippen LogP contribution is -1.99. The zero-order valence-electron chi connectivity index (χ0n) is 5.50. The zero-order chi connectivity index (χ0) is 6.24. The van der Waals surface area contributed by atoms with Crippen LogP contribution in [0.15, 0.2) is 9.98 Å². The summed E-state index contributed by atoms with van der Waals surface area (Å²) >= 11 is 0. The lowest BCUT2D eigenvalue weighted by Gasteiger charge is -1.82. The van der Waals surface area contributed by atoms with Crippen LogP contribution in [0.2, 0.25) is 0 Å². The normalized spacial score (nSPS) is 6.89. The maximum absolute atomic E-state index is 5.19. The Morgan fingerprint density at radius 2 is 2.22 bits per heavy atom. The van der Waals surface area contributed by atoms with Crippen molar-refractivity contribution in [1.82, 2.24) is 0 Å². The molecule has 0 radical (unpaired) electrons. The summed E-state index contributed by atoms with van der Waals surface area (Å²) < 4.78 is 0. The number of nitrogens with two attached hydrogens (primary N) is 1. The van der Waals surface area contributed by atoms with Crippen LogP contribution in [0, 0.1) is 0 Å². The fourth-order valence-corrected chi connectivity index (χ4v) is 0.291. The van der Waals surface area contributed by atoms with Crippen LogP contribution in [-0.4, -0.2) is 26.1 Å². The third-order valence-corrected chi connectivity index (χ3v) is 0.645. The average Bonchev–Trinajstić information content (AvgIpc) is 1.81. The lowest BCUT2D eigenvalue weighted by atomic mass is 10.4. The van der Waals surface area contributed by atoms with Crippen molar-refractivity contribution in [2.24, 2.45) is 15.7 Å². The van der Waals surface area contributed by atoms with E-state index in [9.17, 15) is 0 Å². The van der Waals surface area contributed by atoms with E-state index in [2.05, 4.69) is 16.0 Å². The van der Waals surface area contributed by atoms with Crippen LogP contribution in [0.3, 0.4) is 0 Å². The molecule has 0 bridgehead atoms. The van der Waals surface area contributed by atoms with Gasteiger partial charge in [0.2, 0.25) is 0 Å². The Morgan fingerprint density at radius 1 is 1.56 bits per heavy atom. The summed E-state index contributed by atoms with van der Waals surface area (Å²) in [5.74, 6) is 0. The molecule has 2 N–H and O–H groups in total. The van der Waals surface area contributed by atoms with Gasteiger partial charge in [-0.2, -0.15) is 0 Å². The Kier molecular flexibility index (Phi) is 13.4. The van der Waals surface area contributed by atoms with E-state index >= 15 is 0 Å². The molecule has 0 aromatic carbocycles. The first-order chi connectivity index (χ1) is 3.91. The molecular weight excluding hydrogens is 138 g/mol. The second kappa shape index (κ2) is 10.6. The molecule has 0 heterocycles. The van der Waals surface area contributed by atoms with E-state index in [0.29, 0.717) is 6.54 Å². The SMILES string of the molecule is CN=C=NCCCN.Cl. The molecule has 0 saturated carbocycles. The van der Waals surface area contributed by atoms with Crippen molar-refractivity contribution in [3.8, 4) is 0 Å². The van der Waals surface area contributed by atoms with E-state index < -0.39 is 0 Å². The molecule has 0 aliphatic heterocycles. The van der Waals surface area contributed by atoms with Crippen LogP contribution in [0.1, 0.15) is 6.42 Å². The van der Waals surface area contributed by atoms with E-state index in [-0.39, 0.29) is 12.4 Å². The minimum Gasteiger partial charge on any atom is -0.330 e. The Morgan fingerprint density at radius 3 is 2.67 bits per heavy atom. The predicted octanol–water partition coefficient (Wildman–Crippen LogP) is 0.561. The van der Waals surface area contributed by atoms with Crippen LogP contribution in [0.25, 0.3) is 0 Å². The highest BCUT2D eigenvalue weighted by Gasteiger charge is 1.74. The minimum absolute atomic E-state index is 0. The van der Waals surface area contributed by atoms with Gasteiger partial charge in [-0.3, -0.25) is 0 Å².